The van der Waals surface area contributed by atoms with Crippen LogP contribution in [0.3, 0.4) is 0 Å². The molecule has 1 saturated heterocycles. The van der Waals surface area contributed by atoms with E-state index in [1.165, 1.54) is 12.1 Å². The standard InChI is InChI=1S/C20H23N7O3S/c21-31(29,30)17-5-3-15(4-6-17)12-23-20(28)16-2-1-10-26(13-16)18-7-8-19(25-24-18)27-11-9-22-14-27/h3-9,11,14,16H,1-2,10,12-13H2,(H,23,28)(H2,21,29,30). The van der Waals surface area contributed by atoms with Crippen molar-refractivity contribution < 1.29 is 13.2 Å². The second-order valence-corrected chi connectivity index (χ2v) is 8.97. The van der Waals surface area contributed by atoms with Gasteiger partial charge in [0.15, 0.2) is 11.6 Å². The van der Waals surface area contributed by atoms with Crippen molar-refractivity contribution in [2.24, 2.45) is 11.1 Å². The SMILES string of the molecule is NS(=O)(=O)c1ccc(CNC(=O)C2CCCN(c3ccc(-n4ccnc4)nn3)C2)cc1. The lowest BCUT2D eigenvalue weighted by Crippen LogP contribution is -2.43. The normalized spacial score (nSPS) is 16.8. The van der Waals surface area contributed by atoms with Gasteiger partial charge in [0, 0.05) is 32.0 Å². The number of nitrogens with one attached hydrogen (secondary N) is 1. The number of imidazole rings is 1. The third-order valence-corrected chi connectivity index (χ3v) is 6.17. The number of benzene rings is 1. The molecule has 1 aliphatic rings. The summed E-state index contributed by atoms with van der Waals surface area (Å²) < 4.78 is 24.4. The summed E-state index contributed by atoms with van der Waals surface area (Å²) in [5.41, 5.74) is 0.800. The highest BCUT2D eigenvalue weighted by Gasteiger charge is 2.26. The first-order valence-electron chi connectivity index (χ1n) is 9.86. The van der Waals surface area contributed by atoms with E-state index in [1.54, 1.807) is 35.4 Å². The van der Waals surface area contributed by atoms with Gasteiger partial charge in [-0.2, -0.15) is 0 Å². The van der Waals surface area contributed by atoms with Gasteiger partial charge < -0.3 is 10.2 Å². The quantitative estimate of drug-likeness (QED) is 0.578. The summed E-state index contributed by atoms with van der Waals surface area (Å²) in [4.78, 5) is 18.8. The third-order valence-electron chi connectivity index (χ3n) is 5.24. The molecule has 3 aromatic rings. The number of hydrogen-bond acceptors (Lipinski definition) is 7. The van der Waals surface area contributed by atoms with E-state index in [2.05, 4.69) is 25.4 Å². The zero-order valence-corrected chi connectivity index (χ0v) is 17.6. The molecule has 1 unspecified atom stereocenters. The van der Waals surface area contributed by atoms with E-state index in [-0.39, 0.29) is 16.7 Å². The van der Waals surface area contributed by atoms with Crippen LogP contribution in [0.15, 0.2) is 60.0 Å². The minimum atomic E-state index is -3.72. The molecule has 1 aliphatic heterocycles. The van der Waals surface area contributed by atoms with E-state index < -0.39 is 10.0 Å². The average Bonchev–Trinajstić information content (AvgIpc) is 3.32. The molecule has 0 spiro atoms. The Morgan fingerprint density at radius 2 is 1.87 bits per heavy atom. The number of hydrogen-bond donors (Lipinski definition) is 2. The highest BCUT2D eigenvalue weighted by atomic mass is 32.2. The van der Waals surface area contributed by atoms with Gasteiger partial charge in [-0.05, 0) is 42.7 Å². The van der Waals surface area contributed by atoms with Crippen molar-refractivity contribution in [3.05, 3.63) is 60.7 Å². The van der Waals surface area contributed by atoms with Gasteiger partial charge in [0.25, 0.3) is 0 Å². The fourth-order valence-electron chi connectivity index (χ4n) is 3.55. The number of rotatable bonds is 6. The minimum Gasteiger partial charge on any atom is -0.354 e. The molecular formula is C20H23N7O3S. The zero-order valence-electron chi connectivity index (χ0n) is 16.8. The topological polar surface area (TPSA) is 136 Å². The van der Waals surface area contributed by atoms with Crippen LogP contribution < -0.4 is 15.4 Å². The number of sulfonamides is 1. The fourth-order valence-corrected chi connectivity index (χ4v) is 4.06. The Kier molecular flexibility index (Phi) is 5.96. The van der Waals surface area contributed by atoms with E-state index in [9.17, 15) is 13.2 Å². The number of carbonyl (C=O) groups excluding carboxylic acids is 1. The van der Waals surface area contributed by atoms with Crippen LogP contribution in [0.25, 0.3) is 5.82 Å². The summed E-state index contributed by atoms with van der Waals surface area (Å²) in [6, 6.07) is 9.93. The number of piperidine rings is 1. The average molecular weight is 442 g/mol. The zero-order chi connectivity index (χ0) is 21.8. The maximum Gasteiger partial charge on any atom is 0.238 e. The summed E-state index contributed by atoms with van der Waals surface area (Å²) >= 11 is 0. The van der Waals surface area contributed by atoms with Crippen LogP contribution in [0, 0.1) is 5.92 Å². The number of primary sulfonamides is 1. The summed E-state index contributed by atoms with van der Waals surface area (Å²) in [6.45, 7) is 1.70. The Balaban J connectivity index is 1.34. The van der Waals surface area contributed by atoms with Crippen molar-refractivity contribution in [2.45, 2.75) is 24.3 Å². The number of amides is 1. The first kappa shape index (κ1) is 20.9. The number of nitrogens with zero attached hydrogens (tertiary/aromatic N) is 5. The molecule has 1 amide bonds. The van der Waals surface area contributed by atoms with Crippen LogP contribution in [0.4, 0.5) is 5.82 Å². The predicted octanol–water partition coefficient (Wildman–Crippen LogP) is 0.842. The van der Waals surface area contributed by atoms with Crippen LogP contribution in [0.1, 0.15) is 18.4 Å². The highest BCUT2D eigenvalue weighted by molar-refractivity contribution is 7.89. The lowest BCUT2D eigenvalue weighted by atomic mass is 9.97. The second-order valence-electron chi connectivity index (χ2n) is 7.41. The predicted molar refractivity (Wildman–Crippen MR) is 114 cm³/mol. The van der Waals surface area contributed by atoms with Gasteiger partial charge in [0.2, 0.25) is 15.9 Å². The van der Waals surface area contributed by atoms with Gasteiger partial charge in [-0.25, -0.2) is 18.5 Å². The summed E-state index contributed by atoms with van der Waals surface area (Å²) in [6.07, 6.45) is 6.82. The molecule has 0 radical (unpaired) electrons. The molecule has 1 fully saturated rings. The Labute approximate surface area is 180 Å². The molecule has 31 heavy (non-hydrogen) atoms. The molecule has 1 atom stereocenters. The maximum absolute atomic E-state index is 12.7. The van der Waals surface area contributed by atoms with Crippen LogP contribution >= 0.6 is 0 Å². The number of nitrogens with two attached hydrogens (primary N) is 1. The van der Waals surface area contributed by atoms with E-state index >= 15 is 0 Å². The molecule has 10 nitrogen and oxygen atoms in total. The van der Waals surface area contributed by atoms with Gasteiger partial charge in [0.05, 0.1) is 10.8 Å². The second kappa shape index (κ2) is 8.82. The minimum absolute atomic E-state index is 0.0387. The van der Waals surface area contributed by atoms with Gasteiger partial charge in [-0.1, -0.05) is 12.1 Å². The summed E-state index contributed by atoms with van der Waals surface area (Å²) in [5.74, 6) is 1.22. The Hall–Kier alpha value is -3.31. The Morgan fingerprint density at radius 3 is 2.52 bits per heavy atom. The number of aromatic nitrogens is 4. The Morgan fingerprint density at radius 1 is 1.13 bits per heavy atom. The van der Waals surface area contributed by atoms with Crippen molar-refractivity contribution >= 4 is 21.7 Å². The molecule has 3 N–H and O–H groups in total. The maximum atomic E-state index is 12.7. The van der Waals surface area contributed by atoms with Crippen LogP contribution in [0.2, 0.25) is 0 Å². The highest BCUT2D eigenvalue weighted by Crippen LogP contribution is 2.22. The van der Waals surface area contributed by atoms with Crippen LogP contribution in [-0.4, -0.2) is 47.2 Å². The fraction of sp³-hybridized carbons (Fsp3) is 0.300. The number of carbonyl (C=O) groups is 1. The first-order valence-corrected chi connectivity index (χ1v) is 11.4. The Bertz CT molecular complexity index is 1130. The smallest absolute Gasteiger partial charge is 0.238 e. The monoisotopic (exact) mass is 441 g/mol. The van der Waals surface area contributed by atoms with Crippen LogP contribution in [-0.2, 0) is 21.4 Å². The molecule has 2 aromatic heterocycles. The third kappa shape index (κ3) is 5.06. The molecule has 3 heterocycles. The van der Waals surface area contributed by atoms with E-state index in [0.717, 1.165) is 30.8 Å². The van der Waals surface area contributed by atoms with Gasteiger partial charge in [-0.3, -0.25) is 9.36 Å². The lowest BCUT2D eigenvalue weighted by Gasteiger charge is -2.32. The van der Waals surface area contributed by atoms with Crippen molar-refractivity contribution in [1.82, 2.24) is 25.1 Å². The lowest BCUT2D eigenvalue weighted by molar-refractivity contribution is -0.125. The van der Waals surface area contributed by atoms with Gasteiger partial charge in [-0.15, -0.1) is 10.2 Å². The van der Waals surface area contributed by atoms with Gasteiger partial charge in [0.1, 0.15) is 6.33 Å². The number of anilines is 1. The van der Waals surface area contributed by atoms with Gasteiger partial charge >= 0.3 is 0 Å². The molecule has 11 heteroatoms. The molecular weight excluding hydrogens is 418 g/mol. The molecule has 4 rings (SSSR count). The van der Waals surface area contributed by atoms with Crippen molar-refractivity contribution in [3.63, 3.8) is 0 Å². The molecule has 162 valence electrons. The largest absolute Gasteiger partial charge is 0.354 e. The molecule has 1 aromatic carbocycles. The van der Waals surface area contributed by atoms with E-state index in [1.807, 2.05) is 12.1 Å². The van der Waals surface area contributed by atoms with E-state index in [4.69, 9.17) is 5.14 Å². The van der Waals surface area contributed by atoms with Crippen molar-refractivity contribution in [3.8, 4) is 5.82 Å². The molecule has 0 aliphatic carbocycles. The molecule has 0 bridgehead atoms. The molecule has 0 saturated carbocycles. The van der Waals surface area contributed by atoms with E-state index in [0.29, 0.717) is 18.9 Å². The summed E-state index contributed by atoms with van der Waals surface area (Å²) in [5, 5.41) is 16.6. The van der Waals surface area contributed by atoms with Crippen LogP contribution in [0.5, 0.6) is 0 Å². The summed E-state index contributed by atoms with van der Waals surface area (Å²) in [7, 11) is -3.72. The van der Waals surface area contributed by atoms with Crippen molar-refractivity contribution in [2.75, 3.05) is 18.0 Å². The first-order chi connectivity index (χ1) is 14.9. The van der Waals surface area contributed by atoms with Crippen molar-refractivity contribution in [1.29, 1.82) is 0 Å².